The van der Waals surface area contributed by atoms with Crippen molar-refractivity contribution in [1.82, 2.24) is 0 Å². The monoisotopic (exact) mass is 266 g/mol. The molecular weight excluding hydrogens is 244 g/mol. The van der Waals surface area contributed by atoms with Gasteiger partial charge in [-0.15, -0.1) is 23.5 Å². The molecule has 1 aliphatic heterocycles. The fourth-order valence-electron chi connectivity index (χ4n) is 0.837. The van der Waals surface area contributed by atoms with E-state index in [1.165, 1.54) is 22.2 Å². The number of ether oxygens (including phenoxy) is 2. The van der Waals surface area contributed by atoms with Crippen LogP contribution >= 0.6 is 23.5 Å². The summed E-state index contributed by atoms with van der Waals surface area (Å²) in [7, 11) is 3.21. The summed E-state index contributed by atoms with van der Waals surface area (Å²) in [5.41, 5.74) is 1.13. The van der Waals surface area contributed by atoms with Crippen molar-refractivity contribution in [3.63, 3.8) is 0 Å². The summed E-state index contributed by atoms with van der Waals surface area (Å²) in [6.45, 7) is 4.05. The molecule has 16 heavy (non-hydrogen) atoms. The highest BCUT2D eigenvalue weighted by Gasteiger charge is 2.08. The van der Waals surface area contributed by atoms with Crippen molar-refractivity contribution in [3.05, 3.63) is 9.81 Å². The molecule has 0 atom stereocenters. The van der Waals surface area contributed by atoms with E-state index in [0.29, 0.717) is 0 Å². The average Bonchev–Trinajstić information content (AvgIpc) is 2.38. The predicted molar refractivity (Wildman–Crippen MR) is 72.8 cm³/mol. The molecule has 1 aliphatic rings. The zero-order valence-corrected chi connectivity index (χ0v) is 12.1. The Morgan fingerprint density at radius 2 is 1.81 bits per heavy atom. The van der Waals surface area contributed by atoms with Gasteiger partial charge < -0.3 is 14.6 Å². The third-order valence-corrected chi connectivity index (χ3v) is 4.92. The van der Waals surface area contributed by atoms with Crippen LogP contribution in [-0.4, -0.2) is 43.7 Å². The van der Waals surface area contributed by atoms with E-state index >= 15 is 0 Å². The van der Waals surface area contributed by atoms with Gasteiger partial charge in [-0.05, 0) is 37.3 Å². The smallest absolute Gasteiger partial charge is 0.154 e. The number of methoxy groups -OCH3 is 2. The van der Waals surface area contributed by atoms with E-state index in [1.807, 2.05) is 37.4 Å². The second-order valence-corrected chi connectivity index (χ2v) is 5.78. The molecule has 0 saturated carbocycles. The molecule has 0 radical (unpaired) electrons. The van der Waals surface area contributed by atoms with E-state index in [0.717, 1.165) is 5.57 Å². The lowest BCUT2D eigenvalue weighted by atomic mass is 10.4. The molecular formula is C11H22O3S2. The first-order valence-electron chi connectivity index (χ1n) is 5.27. The highest BCUT2D eigenvalue weighted by atomic mass is 32.2. The highest BCUT2D eigenvalue weighted by molar-refractivity contribution is 8.22. The SMILES string of the molecule is CC(CO)=C1SCCCS1.COC(C)OC. The van der Waals surface area contributed by atoms with Crippen molar-refractivity contribution in [2.24, 2.45) is 0 Å². The number of hydrogen-bond acceptors (Lipinski definition) is 5. The Bertz CT molecular complexity index is 195. The summed E-state index contributed by atoms with van der Waals surface area (Å²) in [6, 6.07) is 0. The summed E-state index contributed by atoms with van der Waals surface area (Å²) < 4.78 is 10.7. The minimum atomic E-state index is -0.0648. The van der Waals surface area contributed by atoms with Crippen molar-refractivity contribution in [2.45, 2.75) is 26.6 Å². The van der Waals surface area contributed by atoms with Gasteiger partial charge >= 0.3 is 0 Å². The van der Waals surface area contributed by atoms with Gasteiger partial charge in [0.2, 0.25) is 0 Å². The number of aliphatic hydroxyl groups excluding tert-OH is 1. The molecule has 3 nitrogen and oxygen atoms in total. The van der Waals surface area contributed by atoms with Crippen molar-refractivity contribution in [3.8, 4) is 0 Å². The topological polar surface area (TPSA) is 38.7 Å². The largest absolute Gasteiger partial charge is 0.392 e. The molecule has 1 heterocycles. The van der Waals surface area contributed by atoms with Crippen LogP contribution in [0.5, 0.6) is 0 Å². The Balaban J connectivity index is 0.000000325. The van der Waals surface area contributed by atoms with Crippen molar-refractivity contribution in [1.29, 1.82) is 0 Å². The van der Waals surface area contributed by atoms with Crippen molar-refractivity contribution < 1.29 is 14.6 Å². The first-order valence-corrected chi connectivity index (χ1v) is 7.24. The minimum Gasteiger partial charge on any atom is -0.392 e. The average molecular weight is 266 g/mol. The Labute approximate surface area is 107 Å². The van der Waals surface area contributed by atoms with E-state index in [4.69, 9.17) is 5.11 Å². The first kappa shape index (κ1) is 16.3. The lowest BCUT2D eigenvalue weighted by Crippen LogP contribution is -2.05. The molecule has 0 aliphatic carbocycles. The van der Waals surface area contributed by atoms with Crippen LogP contribution in [0, 0.1) is 0 Å². The summed E-state index contributed by atoms with van der Waals surface area (Å²) in [4.78, 5) is 0. The third kappa shape index (κ3) is 7.57. The van der Waals surface area contributed by atoms with Gasteiger partial charge in [0, 0.05) is 18.5 Å². The highest BCUT2D eigenvalue weighted by Crippen LogP contribution is 2.36. The van der Waals surface area contributed by atoms with E-state index < -0.39 is 0 Å². The molecule has 0 aromatic rings. The van der Waals surface area contributed by atoms with Gasteiger partial charge in [-0.1, -0.05) is 0 Å². The maximum absolute atomic E-state index is 8.80. The molecule has 1 saturated heterocycles. The summed E-state index contributed by atoms with van der Waals surface area (Å²) in [6.07, 6.45) is 1.24. The molecule has 1 rings (SSSR count). The van der Waals surface area contributed by atoms with Crippen LogP contribution in [0.3, 0.4) is 0 Å². The van der Waals surface area contributed by atoms with Crippen LogP contribution in [0.2, 0.25) is 0 Å². The van der Waals surface area contributed by atoms with Gasteiger partial charge in [-0.2, -0.15) is 0 Å². The second-order valence-electron chi connectivity index (χ2n) is 3.32. The fourth-order valence-corrected chi connectivity index (χ4v) is 3.42. The maximum atomic E-state index is 8.80. The van der Waals surface area contributed by atoms with Crippen LogP contribution in [0.25, 0.3) is 0 Å². The van der Waals surface area contributed by atoms with Crippen LogP contribution in [0.1, 0.15) is 20.3 Å². The zero-order valence-electron chi connectivity index (χ0n) is 10.5. The molecule has 0 spiro atoms. The van der Waals surface area contributed by atoms with E-state index in [1.54, 1.807) is 14.2 Å². The minimum absolute atomic E-state index is 0.0648. The van der Waals surface area contributed by atoms with Crippen LogP contribution in [0.4, 0.5) is 0 Å². The van der Waals surface area contributed by atoms with Gasteiger partial charge in [0.25, 0.3) is 0 Å². The number of rotatable bonds is 3. The number of hydrogen-bond donors (Lipinski definition) is 1. The quantitative estimate of drug-likeness (QED) is 0.795. The fraction of sp³-hybridized carbons (Fsp3) is 0.818. The standard InChI is InChI=1S/C7H12OS2.C4H10O2/c1-6(5-8)7-9-3-2-4-10-7;1-4(5-2)6-3/h8H,2-5H2,1H3;4H,1-3H3. The number of thioether (sulfide) groups is 2. The Morgan fingerprint density at radius 3 is 2.12 bits per heavy atom. The molecule has 0 unspecified atom stereocenters. The lowest BCUT2D eigenvalue weighted by Gasteiger charge is -2.14. The third-order valence-electron chi connectivity index (χ3n) is 2.00. The molecule has 0 amide bonds. The van der Waals surface area contributed by atoms with Gasteiger partial charge in [0.1, 0.15) is 0 Å². The molecule has 96 valence electrons. The maximum Gasteiger partial charge on any atom is 0.154 e. The molecule has 0 aromatic carbocycles. The Hall–Kier alpha value is 0.320. The van der Waals surface area contributed by atoms with Crippen molar-refractivity contribution >= 4 is 23.5 Å². The van der Waals surface area contributed by atoms with Crippen LogP contribution < -0.4 is 0 Å². The van der Waals surface area contributed by atoms with Gasteiger partial charge in [-0.25, -0.2) is 0 Å². The van der Waals surface area contributed by atoms with E-state index in [2.05, 4.69) is 9.47 Å². The summed E-state index contributed by atoms with van der Waals surface area (Å²) in [5, 5.41) is 8.80. The number of aliphatic hydroxyl groups is 1. The molecule has 1 fully saturated rings. The van der Waals surface area contributed by atoms with Gasteiger partial charge in [0.15, 0.2) is 6.29 Å². The van der Waals surface area contributed by atoms with E-state index in [9.17, 15) is 0 Å². The van der Waals surface area contributed by atoms with Crippen LogP contribution in [-0.2, 0) is 9.47 Å². The molecule has 5 heteroatoms. The molecule has 0 aromatic heterocycles. The Morgan fingerprint density at radius 1 is 1.31 bits per heavy atom. The second kappa shape index (κ2) is 10.5. The van der Waals surface area contributed by atoms with Crippen molar-refractivity contribution in [2.75, 3.05) is 32.3 Å². The van der Waals surface area contributed by atoms with Crippen LogP contribution in [0.15, 0.2) is 9.81 Å². The Kier molecular flexibility index (Phi) is 10.7. The lowest BCUT2D eigenvalue weighted by molar-refractivity contribution is -0.0877. The summed E-state index contributed by atoms with van der Waals surface area (Å²) >= 11 is 3.76. The summed E-state index contributed by atoms with van der Waals surface area (Å²) in [5.74, 6) is 2.44. The molecule has 0 bridgehead atoms. The predicted octanol–water partition coefficient (Wildman–Crippen LogP) is 2.71. The first-order chi connectivity index (χ1) is 7.65. The van der Waals surface area contributed by atoms with E-state index in [-0.39, 0.29) is 12.9 Å². The zero-order chi connectivity index (χ0) is 12.4. The van der Waals surface area contributed by atoms with Gasteiger partial charge in [0.05, 0.1) is 6.61 Å². The molecule has 1 N–H and O–H groups in total. The van der Waals surface area contributed by atoms with Gasteiger partial charge in [-0.3, -0.25) is 0 Å². The normalized spacial score (nSPS) is 15.8.